The standard InChI is InChI=1S/C23H19F3N6O/c1-15-18(21(33)28-11-8-16-5-4-10-27-13-16)14-30-32(15)22-29-12-9-20(31-22)17-6-2-3-7-19(17)23(24,25)26/h2-7,9-10,12-14H,8,11H2,1H3,(H,28,33). The number of nitrogens with zero attached hydrogens (tertiary/aromatic N) is 5. The zero-order valence-electron chi connectivity index (χ0n) is 17.5. The number of hydrogen-bond acceptors (Lipinski definition) is 5. The molecule has 0 aliphatic heterocycles. The lowest BCUT2D eigenvalue weighted by molar-refractivity contribution is -0.137. The van der Waals surface area contributed by atoms with Gasteiger partial charge in [0.15, 0.2) is 0 Å². The Kier molecular flexibility index (Phi) is 6.16. The van der Waals surface area contributed by atoms with E-state index in [9.17, 15) is 18.0 Å². The molecule has 1 aromatic carbocycles. The van der Waals surface area contributed by atoms with E-state index >= 15 is 0 Å². The van der Waals surface area contributed by atoms with Gasteiger partial charge >= 0.3 is 6.18 Å². The Morgan fingerprint density at radius 2 is 1.88 bits per heavy atom. The Labute approximate surface area is 187 Å². The highest BCUT2D eigenvalue weighted by Gasteiger charge is 2.33. The molecular formula is C23H19F3N6O. The maximum absolute atomic E-state index is 13.4. The van der Waals surface area contributed by atoms with Gasteiger partial charge in [0, 0.05) is 30.7 Å². The Balaban J connectivity index is 1.55. The Hall–Kier alpha value is -4.08. The van der Waals surface area contributed by atoms with E-state index in [-0.39, 0.29) is 23.1 Å². The highest BCUT2D eigenvalue weighted by atomic mass is 19.4. The number of rotatable bonds is 6. The summed E-state index contributed by atoms with van der Waals surface area (Å²) < 4.78 is 41.6. The van der Waals surface area contributed by atoms with E-state index in [4.69, 9.17) is 0 Å². The van der Waals surface area contributed by atoms with Crippen LogP contribution in [0.1, 0.15) is 27.2 Å². The maximum atomic E-state index is 13.4. The summed E-state index contributed by atoms with van der Waals surface area (Å²) in [6, 6.07) is 10.3. The van der Waals surface area contributed by atoms with Crippen LogP contribution in [0.2, 0.25) is 0 Å². The number of halogens is 3. The van der Waals surface area contributed by atoms with Gasteiger partial charge in [-0.25, -0.2) is 14.6 Å². The Morgan fingerprint density at radius 3 is 2.64 bits per heavy atom. The molecule has 0 aliphatic rings. The third-order valence-electron chi connectivity index (χ3n) is 5.02. The maximum Gasteiger partial charge on any atom is 0.417 e. The number of benzene rings is 1. The number of carbonyl (C=O) groups is 1. The van der Waals surface area contributed by atoms with Crippen molar-refractivity contribution in [3.63, 3.8) is 0 Å². The number of amides is 1. The molecule has 4 rings (SSSR count). The van der Waals surface area contributed by atoms with E-state index in [0.29, 0.717) is 24.2 Å². The normalized spacial score (nSPS) is 11.4. The van der Waals surface area contributed by atoms with Crippen LogP contribution in [0.25, 0.3) is 17.2 Å². The SMILES string of the molecule is Cc1c(C(=O)NCCc2cccnc2)cnn1-c1nccc(-c2ccccc2C(F)(F)F)n1. The van der Waals surface area contributed by atoms with Gasteiger partial charge in [-0.05, 0) is 37.1 Å². The first-order valence-corrected chi connectivity index (χ1v) is 10.1. The van der Waals surface area contributed by atoms with Crippen molar-refractivity contribution in [1.82, 2.24) is 30.0 Å². The van der Waals surface area contributed by atoms with Crippen molar-refractivity contribution in [2.24, 2.45) is 0 Å². The van der Waals surface area contributed by atoms with Gasteiger partial charge in [-0.1, -0.05) is 24.3 Å². The fraction of sp³-hybridized carbons (Fsp3) is 0.174. The van der Waals surface area contributed by atoms with Crippen LogP contribution in [0.4, 0.5) is 13.2 Å². The third kappa shape index (κ3) is 4.89. The van der Waals surface area contributed by atoms with Crippen molar-refractivity contribution in [3.05, 3.63) is 89.6 Å². The third-order valence-corrected chi connectivity index (χ3v) is 5.02. The molecule has 0 saturated heterocycles. The second-order valence-electron chi connectivity index (χ2n) is 7.21. The van der Waals surface area contributed by atoms with Crippen LogP contribution < -0.4 is 5.32 Å². The average Bonchev–Trinajstić information content (AvgIpc) is 3.20. The summed E-state index contributed by atoms with van der Waals surface area (Å²) in [5, 5.41) is 7.01. The molecule has 10 heteroatoms. The summed E-state index contributed by atoms with van der Waals surface area (Å²) >= 11 is 0. The number of alkyl halides is 3. The van der Waals surface area contributed by atoms with E-state index in [0.717, 1.165) is 11.6 Å². The van der Waals surface area contributed by atoms with Gasteiger partial charge in [-0.2, -0.15) is 18.3 Å². The zero-order valence-corrected chi connectivity index (χ0v) is 17.5. The average molecular weight is 452 g/mol. The van der Waals surface area contributed by atoms with Crippen molar-refractivity contribution in [2.45, 2.75) is 19.5 Å². The first-order valence-electron chi connectivity index (χ1n) is 10.1. The fourth-order valence-electron chi connectivity index (χ4n) is 3.35. The van der Waals surface area contributed by atoms with E-state index in [2.05, 4.69) is 25.4 Å². The predicted molar refractivity (Wildman–Crippen MR) is 115 cm³/mol. The lowest BCUT2D eigenvalue weighted by atomic mass is 10.0. The van der Waals surface area contributed by atoms with Crippen LogP contribution in [0.3, 0.4) is 0 Å². The lowest BCUT2D eigenvalue weighted by Gasteiger charge is -2.12. The summed E-state index contributed by atoms with van der Waals surface area (Å²) in [4.78, 5) is 25.0. The molecule has 0 saturated carbocycles. The number of hydrogen-bond donors (Lipinski definition) is 1. The molecule has 0 fully saturated rings. The number of carbonyl (C=O) groups excluding carboxylic acids is 1. The molecule has 4 aromatic rings. The molecule has 7 nitrogen and oxygen atoms in total. The van der Waals surface area contributed by atoms with Crippen LogP contribution in [0.5, 0.6) is 0 Å². The van der Waals surface area contributed by atoms with Gasteiger partial charge < -0.3 is 5.32 Å². The molecule has 168 valence electrons. The highest BCUT2D eigenvalue weighted by molar-refractivity contribution is 5.95. The topological polar surface area (TPSA) is 85.6 Å². The van der Waals surface area contributed by atoms with E-state index in [1.165, 1.54) is 41.3 Å². The largest absolute Gasteiger partial charge is 0.417 e. The quantitative estimate of drug-likeness (QED) is 0.478. The predicted octanol–water partition coefficient (Wildman–Crippen LogP) is 4.02. The summed E-state index contributed by atoms with van der Waals surface area (Å²) in [5.74, 6) is -0.252. The Morgan fingerprint density at radius 1 is 1.06 bits per heavy atom. The van der Waals surface area contributed by atoms with Crippen molar-refractivity contribution in [2.75, 3.05) is 6.54 Å². The molecule has 0 spiro atoms. The molecule has 0 aliphatic carbocycles. The highest BCUT2D eigenvalue weighted by Crippen LogP contribution is 2.36. The van der Waals surface area contributed by atoms with E-state index in [1.807, 2.05) is 12.1 Å². The second-order valence-corrected chi connectivity index (χ2v) is 7.21. The van der Waals surface area contributed by atoms with Gasteiger partial charge in [-0.15, -0.1) is 0 Å². The van der Waals surface area contributed by atoms with Crippen molar-refractivity contribution in [1.29, 1.82) is 0 Å². The van der Waals surface area contributed by atoms with Gasteiger partial charge in [0.1, 0.15) is 0 Å². The first-order chi connectivity index (χ1) is 15.8. The fourth-order valence-corrected chi connectivity index (χ4v) is 3.35. The number of nitrogens with one attached hydrogen (secondary N) is 1. The summed E-state index contributed by atoms with van der Waals surface area (Å²) in [5.41, 5.74) is 1.04. The molecule has 0 radical (unpaired) electrons. The Bertz CT molecular complexity index is 1270. The molecule has 1 amide bonds. The molecule has 3 aromatic heterocycles. The first kappa shape index (κ1) is 22.1. The van der Waals surface area contributed by atoms with Crippen LogP contribution in [-0.4, -0.2) is 37.2 Å². The number of pyridine rings is 1. The molecule has 0 bridgehead atoms. The minimum atomic E-state index is -4.52. The molecular weight excluding hydrogens is 433 g/mol. The van der Waals surface area contributed by atoms with Gasteiger partial charge in [-0.3, -0.25) is 9.78 Å². The van der Waals surface area contributed by atoms with Crippen LogP contribution in [0, 0.1) is 6.92 Å². The van der Waals surface area contributed by atoms with Gasteiger partial charge in [0.2, 0.25) is 0 Å². The van der Waals surface area contributed by atoms with Crippen LogP contribution in [-0.2, 0) is 12.6 Å². The minimum absolute atomic E-state index is 0.0631. The lowest BCUT2D eigenvalue weighted by Crippen LogP contribution is -2.26. The van der Waals surface area contributed by atoms with Gasteiger partial charge in [0.05, 0.1) is 28.7 Å². The molecule has 33 heavy (non-hydrogen) atoms. The van der Waals surface area contributed by atoms with E-state index < -0.39 is 11.7 Å². The number of aromatic nitrogens is 5. The zero-order chi connectivity index (χ0) is 23.4. The smallest absolute Gasteiger partial charge is 0.352 e. The molecule has 3 heterocycles. The van der Waals surface area contributed by atoms with E-state index in [1.54, 1.807) is 19.3 Å². The van der Waals surface area contributed by atoms with Crippen molar-refractivity contribution in [3.8, 4) is 17.2 Å². The van der Waals surface area contributed by atoms with Crippen molar-refractivity contribution < 1.29 is 18.0 Å². The monoisotopic (exact) mass is 452 g/mol. The second kappa shape index (κ2) is 9.19. The summed E-state index contributed by atoms with van der Waals surface area (Å²) in [6.07, 6.45) is 2.25. The summed E-state index contributed by atoms with van der Waals surface area (Å²) in [7, 11) is 0. The molecule has 0 unspecified atom stereocenters. The molecule has 1 N–H and O–H groups in total. The van der Waals surface area contributed by atoms with Crippen molar-refractivity contribution >= 4 is 5.91 Å². The summed E-state index contributed by atoms with van der Waals surface area (Å²) in [6.45, 7) is 2.08. The minimum Gasteiger partial charge on any atom is -0.352 e. The molecule has 0 atom stereocenters. The van der Waals surface area contributed by atoms with Gasteiger partial charge in [0.25, 0.3) is 11.9 Å². The van der Waals surface area contributed by atoms with Crippen LogP contribution in [0.15, 0.2) is 67.3 Å². The van der Waals surface area contributed by atoms with Crippen LogP contribution >= 0.6 is 0 Å².